The lowest BCUT2D eigenvalue weighted by Crippen LogP contribution is -2.29. The minimum absolute atomic E-state index is 0.101. The molecule has 1 atom stereocenters. The van der Waals surface area contributed by atoms with Crippen LogP contribution < -0.4 is 10.6 Å². The molecule has 2 aromatic rings. The molecular formula is C16H11N5O4. The first kappa shape index (κ1) is 16.1. The van der Waals surface area contributed by atoms with Gasteiger partial charge in [0.25, 0.3) is 11.6 Å². The third kappa shape index (κ3) is 2.55. The van der Waals surface area contributed by atoms with Crippen molar-refractivity contribution in [2.75, 3.05) is 10.6 Å². The summed E-state index contributed by atoms with van der Waals surface area (Å²) in [5, 5.41) is 25.6. The van der Waals surface area contributed by atoms with Crippen molar-refractivity contribution in [2.24, 2.45) is 0 Å². The Morgan fingerprint density at radius 3 is 2.84 bits per heavy atom. The van der Waals surface area contributed by atoms with Gasteiger partial charge >= 0.3 is 0 Å². The molecule has 1 aromatic heterocycles. The van der Waals surface area contributed by atoms with E-state index in [-0.39, 0.29) is 22.5 Å². The monoisotopic (exact) mass is 337 g/mol. The fourth-order valence-electron chi connectivity index (χ4n) is 2.53. The van der Waals surface area contributed by atoms with E-state index in [0.29, 0.717) is 0 Å². The van der Waals surface area contributed by atoms with Crippen LogP contribution in [0.2, 0.25) is 0 Å². The molecule has 3 rings (SSSR count). The lowest BCUT2D eigenvalue weighted by atomic mass is 9.85. The second kappa shape index (κ2) is 5.68. The first-order chi connectivity index (χ1) is 11.9. The van der Waals surface area contributed by atoms with Gasteiger partial charge in [-0.1, -0.05) is 0 Å². The zero-order chi connectivity index (χ0) is 18.2. The Morgan fingerprint density at radius 2 is 2.24 bits per heavy atom. The molecule has 25 heavy (non-hydrogen) atoms. The molecule has 0 saturated heterocycles. The number of aromatic nitrogens is 1. The number of hydrogen-bond donors (Lipinski definition) is 2. The first-order valence-electron chi connectivity index (χ1n) is 7.14. The van der Waals surface area contributed by atoms with Crippen LogP contribution in [0.25, 0.3) is 0 Å². The second-order valence-electron chi connectivity index (χ2n) is 5.56. The number of nitrogens with zero attached hydrogens (tertiary/aromatic N) is 3. The molecule has 0 saturated carbocycles. The lowest BCUT2D eigenvalue weighted by molar-refractivity contribution is -0.383. The van der Waals surface area contributed by atoms with E-state index in [4.69, 9.17) is 0 Å². The average Bonchev–Trinajstić information content (AvgIpc) is 2.86. The Kier molecular flexibility index (Phi) is 3.65. The van der Waals surface area contributed by atoms with Crippen LogP contribution in [0.4, 0.5) is 17.1 Å². The Labute approximate surface area is 141 Å². The lowest BCUT2D eigenvalue weighted by Gasteiger charge is -2.13. The maximum atomic E-state index is 12.3. The number of nitrogens with one attached hydrogen (secondary N) is 2. The van der Waals surface area contributed by atoms with Crippen LogP contribution in [-0.4, -0.2) is 21.7 Å². The Morgan fingerprint density at radius 1 is 1.48 bits per heavy atom. The predicted molar refractivity (Wildman–Crippen MR) is 86.9 cm³/mol. The minimum Gasteiger partial charge on any atom is -0.324 e. The summed E-state index contributed by atoms with van der Waals surface area (Å²) < 4.78 is 0. The zero-order valence-electron chi connectivity index (χ0n) is 12.9. The number of carbonyl (C=O) groups is 2. The summed E-state index contributed by atoms with van der Waals surface area (Å²) in [4.78, 5) is 38.7. The first-order valence-corrected chi connectivity index (χ1v) is 7.14. The number of rotatable bonds is 3. The van der Waals surface area contributed by atoms with Crippen LogP contribution in [0.3, 0.4) is 0 Å². The normalized spacial score (nSPS) is 18.0. The van der Waals surface area contributed by atoms with E-state index in [1.807, 2.05) is 6.07 Å². The highest BCUT2D eigenvalue weighted by atomic mass is 16.6. The van der Waals surface area contributed by atoms with E-state index < -0.39 is 27.8 Å². The summed E-state index contributed by atoms with van der Waals surface area (Å²) in [6, 6.07) is 7.38. The maximum Gasteiger partial charge on any atom is 0.294 e. The van der Waals surface area contributed by atoms with Crippen molar-refractivity contribution < 1.29 is 14.5 Å². The van der Waals surface area contributed by atoms with E-state index in [1.54, 1.807) is 6.07 Å². The Balaban J connectivity index is 2.08. The minimum atomic E-state index is -1.49. The quantitative estimate of drug-likeness (QED) is 0.648. The van der Waals surface area contributed by atoms with E-state index in [2.05, 4.69) is 15.6 Å². The van der Waals surface area contributed by atoms with Gasteiger partial charge in [-0.3, -0.25) is 24.7 Å². The number of pyridine rings is 1. The van der Waals surface area contributed by atoms with Gasteiger partial charge in [-0.05, 0) is 25.1 Å². The molecule has 0 fully saturated rings. The molecule has 1 aliphatic heterocycles. The van der Waals surface area contributed by atoms with Crippen LogP contribution in [0.1, 0.15) is 22.8 Å². The Hall–Kier alpha value is -3.80. The molecule has 0 radical (unpaired) electrons. The molecule has 1 unspecified atom stereocenters. The third-order valence-electron chi connectivity index (χ3n) is 3.97. The smallest absolute Gasteiger partial charge is 0.294 e. The highest BCUT2D eigenvalue weighted by Gasteiger charge is 2.44. The standard InChI is InChI=1S/C16H11N5O4/c1-16(8-17)10-5-12(19-14(22)9-3-2-4-18-7-9)13(21(24)25)6-11(10)20-15(16)23/h2-7H,1H3,(H,19,22)(H,20,23). The Bertz CT molecular complexity index is 951. The van der Waals surface area contributed by atoms with Crippen molar-refractivity contribution in [1.82, 2.24) is 4.98 Å². The highest BCUT2D eigenvalue weighted by Crippen LogP contribution is 2.42. The van der Waals surface area contributed by atoms with Crippen molar-refractivity contribution in [2.45, 2.75) is 12.3 Å². The SMILES string of the molecule is CC1(C#N)C(=O)Nc2cc([N+](=O)[O-])c(NC(=O)c3cccnc3)cc21. The number of fused-ring (bicyclic) bond motifs is 1. The number of carbonyl (C=O) groups excluding carboxylic acids is 2. The molecule has 0 spiro atoms. The largest absolute Gasteiger partial charge is 0.324 e. The molecule has 9 heteroatoms. The maximum absolute atomic E-state index is 12.3. The molecule has 0 bridgehead atoms. The number of amides is 2. The molecule has 1 aliphatic rings. The van der Waals surface area contributed by atoms with Gasteiger partial charge in [0, 0.05) is 24.0 Å². The number of benzene rings is 1. The van der Waals surface area contributed by atoms with Gasteiger partial charge in [0.15, 0.2) is 5.41 Å². The fraction of sp³-hybridized carbons (Fsp3) is 0.125. The van der Waals surface area contributed by atoms with Gasteiger partial charge < -0.3 is 10.6 Å². The van der Waals surface area contributed by atoms with Gasteiger partial charge in [-0.2, -0.15) is 5.26 Å². The summed E-state index contributed by atoms with van der Waals surface area (Å²) in [7, 11) is 0. The number of nitro groups is 1. The van der Waals surface area contributed by atoms with Crippen molar-refractivity contribution in [3.05, 3.63) is 57.9 Å². The van der Waals surface area contributed by atoms with Crippen molar-refractivity contribution in [1.29, 1.82) is 5.26 Å². The molecule has 2 amide bonds. The molecule has 0 aliphatic carbocycles. The summed E-state index contributed by atoms with van der Waals surface area (Å²) in [6.07, 6.45) is 2.81. The van der Waals surface area contributed by atoms with E-state index in [1.165, 1.54) is 31.5 Å². The number of nitro benzene ring substituents is 1. The van der Waals surface area contributed by atoms with Crippen molar-refractivity contribution in [3.63, 3.8) is 0 Å². The van der Waals surface area contributed by atoms with Crippen LogP contribution in [-0.2, 0) is 10.2 Å². The predicted octanol–water partition coefficient (Wildman–Crippen LogP) is 1.98. The van der Waals surface area contributed by atoms with E-state index >= 15 is 0 Å². The fourth-order valence-corrected chi connectivity index (χ4v) is 2.53. The van der Waals surface area contributed by atoms with Crippen LogP contribution in [0.15, 0.2) is 36.7 Å². The number of hydrogen-bond acceptors (Lipinski definition) is 6. The van der Waals surface area contributed by atoms with Gasteiger partial charge in [-0.15, -0.1) is 0 Å². The summed E-state index contributed by atoms with van der Waals surface area (Å²) >= 11 is 0. The topological polar surface area (TPSA) is 138 Å². The average molecular weight is 337 g/mol. The van der Waals surface area contributed by atoms with Gasteiger partial charge in [-0.25, -0.2) is 0 Å². The van der Waals surface area contributed by atoms with E-state index in [9.17, 15) is 25.0 Å². The van der Waals surface area contributed by atoms with Crippen LogP contribution >= 0.6 is 0 Å². The van der Waals surface area contributed by atoms with Gasteiger partial charge in [0.2, 0.25) is 5.91 Å². The molecule has 9 nitrogen and oxygen atoms in total. The van der Waals surface area contributed by atoms with Crippen molar-refractivity contribution in [3.8, 4) is 6.07 Å². The van der Waals surface area contributed by atoms with Crippen LogP contribution in [0, 0.1) is 21.4 Å². The second-order valence-corrected chi connectivity index (χ2v) is 5.56. The number of anilines is 2. The molecule has 124 valence electrons. The van der Waals surface area contributed by atoms with Gasteiger partial charge in [0.1, 0.15) is 5.69 Å². The third-order valence-corrected chi connectivity index (χ3v) is 3.97. The van der Waals surface area contributed by atoms with E-state index in [0.717, 1.165) is 6.07 Å². The summed E-state index contributed by atoms with van der Waals surface area (Å²) in [5.41, 5.74) is -1.31. The summed E-state index contributed by atoms with van der Waals surface area (Å²) in [5.74, 6) is -1.16. The number of nitriles is 1. The van der Waals surface area contributed by atoms with Crippen molar-refractivity contribution >= 4 is 28.9 Å². The molecule has 1 aromatic carbocycles. The molecule has 2 N–H and O–H groups in total. The molecule has 2 heterocycles. The zero-order valence-corrected chi connectivity index (χ0v) is 12.9. The molecular weight excluding hydrogens is 326 g/mol. The van der Waals surface area contributed by atoms with Gasteiger partial charge in [0.05, 0.1) is 22.2 Å². The highest BCUT2D eigenvalue weighted by molar-refractivity contribution is 6.10. The summed E-state index contributed by atoms with van der Waals surface area (Å²) in [6.45, 7) is 1.41. The van der Waals surface area contributed by atoms with Crippen LogP contribution in [0.5, 0.6) is 0 Å².